The van der Waals surface area contributed by atoms with Crippen LogP contribution in [0.15, 0.2) is 71.8 Å². The molecule has 0 atom stereocenters. The van der Waals surface area contributed by atoms with Crippen LogP contribution in [0.2, 0.25) is 0 Å². The van der Waals surface area contributed by atoms with Crippen molar-refractivity contribution in [1.82, 2.24) is 24.6 Å². The number of fused-ring (bicyclic) bond motifs is 2. The second-order valence-corrected chi connectivity index (χ2v) is 8.76. The van der Waals surface area contributed by atoms with E-state index in [4.69, 9.17) is 16.6 Å². The van der Waals surface area contributed by atoms with Crippen LogP contribution in [0.25, 0.3) is 44.6 Å². The molecule has 6 nitrogen and oxygen atoms in total. The molecule has 5 aromatic rings. The molecule has 0 bridgehead atoms. The lowest BCUT2D eigenvalue weighted by Crippen LogP contribution is -2.20. The standard InChI is InChI=1S/C27H22ClN5O/c28-16-22-23(19-11-12-20-21(15-19)30-14-13-29-20)27(34)33-26(31-22)24(17-7-3-1-4-8-17)25(32-33)18-9-5-2-6-10-18/h2,5-7,9-15,32H,1,3-4,8,16H2. The Morgan fingerprint density at radius 1 is 0.941 bits per heavy atom. The minimum atomic E-state index is -0.177. The molecule has 1 N–H and O–H groups in total. The van der Waals surface area contributed by atoms with E-state index in [0.29, 0.717) is 16.9 Å². The maximum absolute atomic E-state index is 13.9. The van der Waals surface area contributed by atoms with E-state index < -0.39 is 0 Å². The summed E-state index contributed by atoms with van der Waals surface area (Å²) in [5, 5.41) is 3.37. The van der Waals surface area contributed by atoms with Crippen LogP contribution in [0.1, 0.15) is 36.9 Å². The molecule has 2 aromatic carbocycles. The number of aromatic nitrogens is 5. The lowest BCUT2D eigenvalue weighted by atomic mass is 9.92. The fraction of sp³-hybridized carbons (Fsp3) is 0.185. The van der Waals surface area contributed by atoms with Crippen molar-refractivity contribution in [2.24, 2.45) is 0 Å². The van der Waals surface area contributed by atoms with Gasteiger partial charge in [-0.15, -0.1) is 11.6 Å². The molecule has 0 radical (unpaired) electrons. The van der Waals surface area contributed by atoms with Crippen molar-refractivity contribution in [1.29, 1.82) is 0 Å². The van der Waals surface area contributed by atoms with Crippen molar-refractivity contribution in [3.63, 3.8) is 0 Å². The Balaban J connectivity index is 1.65. The van der Waals surface area contributed by atoms with E-state index >= 15 is 0 Å². The van der Waals surface area contributed by atoms with Gasteiger partial charge in [0.15, 0.2) is 5.65 Å². The van der Waals surface area contributed by atoms with Crippen molar-refractivity contribution in [3.8, 4) is 22.4 Å². The number of hydrogen-bond acceptors (Lipinski definition) is 4. The third-order valence-electron chi connectivity index (χ3n) is 6.41. The normalized spacial score (nSPS) is 14.0. The third-order valence-corrected chi connectivity index (χ3v) is 6.67. The molecule has 0 saturated heterocycles. The SMILES string of the molecule is O=c1c(-c2ccc3nccnc3c2)c(CCl)nc2c(C3=CCCCC3)c(-c3ccccc3)[nH]n12. The largest absolute Gasteiger partial charge is 0.288 e. The van der Waals surface area contributed by atoms with Gasteiger partial charge in [0.2, 0.25) is 0 Å². The highest BCUT2D eigenvalue weighted by molar-refractivity contribution is 6.17. The first kappa shape index (κ1) is 20.8. The summed E-state index contributed by atoms with van der Waals surface area (Å²) >= 11 is 6.37. The lowest BCUT2D eigenvalue weighted by molar-refractivity contribution is 0.742. The molecule has 3 heterocycles. The Morgan fingerprint density at radius 3 is 2.53 bits per heavy atom. The number of aromatic amines is 1. The topological polar surface area (TPSA) is 75.9 Å². The number of nitrogens with zero attached hydrogens (tertiary/aromatic N) is 4. The number of alkyl halides is 1. The molecule has 168 valence electrons. The average molecular weight is 468 g/mol. The summed E-state index contributed by atoms with van der Waals surface area (Å²) in [6.07, 6.45) is 9.88. The molecule has 1 aliphatic carbocycles. The molecule has 0 fully saturated rings. The summed E-state index contributed by atoms with van der Waals surface area (Å²) in [5.74, 6) is 0.129. The van der Waals surface area contributed by atoms with Gasteiger partial charge in [-0.25, -0.2) is 4.98 Å². The molecule has 0 saturated carbocycles. The molecule has 6 rings (SSSR count). The maximum Gasteiger partial charge on any atom is 0.280 e. The summed E-state index contributed by atoms with van der Waals surface area (Å²) in [5.41, 5.74) is 7.83. The van der Waals surface area contributed by atoms with E-state index in [2.05, 4.69) is 21.1 Å². The van der Waals surface area contributed by atoms with Crippen molar-refractivity contribution < 1.29 is 0 Å². The van der Waals surface area contributed by atoms with E-state index in [1.807, 2.05) is 48.5 Å². The third kappa shape index (κ3) is 3.42. The van der Waals surface area contributed by atoms with Gasteiger partial charge in [-0.3, -0.25) is 19.9 Å². The van der Waals surface area contributed by atoms with Gasteiger partial charge < -0.3 is 0 Å². The predicted molar refractivity (Wildman–Crippen MR) is 136 cm³/mol. The first-order chi connectivity index (χ1) is 16.7. The summed E-state index contributed by atoms with van der Waals surface area (Å²) in [7, 11) is 0. The molecule has 0 spiro atoms. The zero-order chi connectivity index (χ0) is 23.1. The quantitative estimate of drug-likeness (QED) is 0.329. The summed E-state index contributed by atoms with van der Waals surface area (Å²) < 4.78 is 1.57. The van der Waals surface area contributed by atoms with E-state index in [9.17, 15) is 4.79 Å². The minimum absolute atomic E-state index is 0.129. The van der Waals surface area contributed by atoms with E-state index in [0.717, 1.165) is 52.7 Å². The van der Waals surface area contributed by atoms with Gasteiger partial charge >= 0.3 is 0 Å². The van der Waals surface area contributed by atoms with Gasteiger partial charge in [-0.05, 0) is 49.0 Å². The minimum Gasteiger partial charge on any atom is -0.288 e. The van der Waals surface area contributed by atoms with Gasteiger partial charge in [-0.2, -0.15) is 4.52 Å². The van der Waals surface area contributed by atoms with Gasteiger partial charge in [-0.1, -0.05) is 42.5 Å². The second kappa shape index (κ2) is 8.54. The van der Waals surface area contributed by atoms with Crippen LogP contribution in [0.4, 0.5) is 0 Å². The van der Waals surface area contributed by atoms with Crippen molar-refractivity contribution in [2.75, 3.05) is 0 Å². The van der Waals surface area contributed by atoms with Crippen molar-refractivity contribution in [3.05, 3.63) is 88.6 Å². The van der Waals surface area contributed by atoms with Gasteiger partial charge in [0.25, 0.3) is 5.56 Å². The zero-order valence-electron chi connectivity index (χ0n) is 18.5. The Labute approximate surface area is 201 Å². The molecule has 34 heavy (non-hydrogen) atoms. The van der Waals surface area contributed by atoms with Crippen LogP contribution in [0, 0.1) is 0 Å². The maximum atomic E-state index is 13.9. The molecule has 0 aliphatic heterocycles. The average Bonchev–Trinajstić information content (AvgIpc) is 3.29. The Hall–Kier alpha value is -3.77. The monoisotopic (exact) mass is 467 g/mol. The lowest BCUT2D eigenvalue weighted by Gasteiger charge is -2.14. The highest BCUT2D eigenvalue weighted by Gasteiger charge is 2.24. The number of benzene rings is 2. The molecule has 3 aromatic heterocycles. The molecule has 0 unspecified atom stereocenters. The number of halogens is 1. The number of rotatable bonds is 4. The zero-order valence-corrected chi connectivity index (χ0v) is 19.2. The van der Waals surface area contributed by atoms with Crippen LogP contribution in [-0.2, 0) is 5.88 Å². The fourth-order valence-electron chi connectivity index (χ4n) is 4.80. The van der Waals surface area contributed by atoms with Crippen LogP contribution >= 0.6 is 11.6 Å². The van der Waals surface area contributed by atoms with Gasteiger partial charge in [0, 0.05) is 23.5 Å². The fourth-order valence-corrected chi connectivity index (χ4v) is 5.00. The molecule has 7 heteroatoms. The van der Waals surface area contributed by atoms with Gasteiger partial charge in [0.05, 0.1) is 33.9 Å². The Morgan fingerprint density at radius 2 is 1.76 bits per heavy atom. The smallest absolute Gasteiger partial charge is 0.280 e. The van der Waals surface area contributed by atoms with Crippen LogP contribution < -0.4 is 5.56 Å². The van der Waals surface area contributed by atoms with Crippen LogP contribution in [0.5, 0.6) is 0 Å². The predicted octanol–water partition coefficient (Wildman–Crippen LogP) is 6.00. The molecule has 1 aliphatic rings. The van der Waals surface area contributed by atoms with Crippen molar-refractivity contribution >= 4 is 33.9 Å². The van der Waals surface area contributed by atoms with E-state index in [1.54, 1.807) is 16.9 Å². The first-order valence-corrected chi connectivity index (χ1v) is 12.0. The number of H-pyrrole nitrogens is 1. The summed E-state index contributed by atoms with van der Waals surface area (Å²) in [6.45, 7) is 0. The second-order valence-electron chi connectivity index (χ2n) is 8.49. The summed E-state index contributed by atoms with van der Waals surface area (Å²) in [4.78, 5) is 27.6. The number of nitrogens with one attached hydrogen (secondary N) is 1. The van der Waals surface area contributed by atoms with E-state index in [1.165, 1.54) is 12.0 Å². The molecular weight excluding hydrogens is 446 g/mol. The summed E-state index contributed by atoms with van der Waals surface area (Å²) in [6, 6.07) is 15.7. The highest BCUT2D eigenvalue weighted by atomic mass is 35.5. The van der Waals surface area contributed by atoms with Crippen molar-refractivity contribution in [2.45, 2.75) is 31.6 Å². The Kier molecular flexibility index (Phi) is 5.23. The molecular formula is C27H22ClN5O. The Bertz CT molecular complexity index is 1620. The number of allylic oxidation sites excluding steroid dienone is 2. The molecule has 0 amide bonds. The highest BCUT2D eigenvalue weighted by Crippen LogP contribution is 2.36. The first-order valence-electron chi connectivity index (χ1n) is 11.4. The van der Waals surface area contributed by atoms with Gasteiger partial charge in [0.1, 0.15) is 0 Å². The van der Waals surface area contributed by atoms with E-state index in [-0.39, 0.29) is 11.4 Å². The van der Waals surface area contributed by atoms with Crippen LogP contribution in [-0.4, -0.2) is 24.6 Å². The van der Waals surface area contributed by atoms with Crippen LogP contribution in [0.3, 0.4) is 0 Å². The number of hydrogen-bond donors (Lipinski definition) is 1.